The number of benzene rings is 1. The maximum Gasteiger partial charge on any atom is 0.260 e. The van der Waals surface area contributed by atoms with Gasteiger partial charge in [-0.05, 0) is 56.4 Å². The summed E-state index contributed by atoms with van der Waals surface area (Å²) in [5.41, 5.74) is 3.56. The lowest BCUT2D eigenvalue weighted by atomic mass is 10.0. The summed E-state index contributed by atoms with van der Waals surface area (Å²) in [4.78, 5) is 37.0. The Kier molecular flexibility index (Phi) is 19.2. The van der Waals surface area contributed by atoms with Gasteiger partial charge in [0.15, 0.2) is 0 Å². The molecule has 1 aliphatic carbocycles. The fourth-order valence-electron chi connectivity index (χ4n) is 5.45. The van der Waals surface area contributed by atoms with Crippen molar-refractivity contribution in [3.05, 3.63) is 24.3 Å². The number of hydrazine groups is 1. The molecule has 0 aliphatic heterocycles. The number of carbonyl (C=O) groups excluding carboxylic acids is 3. The van der Waals surface area contributed by atoms with Crippen LogP contribution in [0, 0.1) is 5.92 Å². The van der Waals surface area contributed by atoms with Gasteiger partial charge in [-0.15, -0.1) is 0 Å². The molecule has 0 heterocycles. The second kappa shape index (κ2) is 22.8. The van der Waals surface area contributed by atoms with Gasteiger partial charge in [0, 0.05) is 31.6 Å². The summed E-state index contributed by atoms with van der Waals surface area (Å²) in [5, 5.41) is 7.52. The van der Waals surface area contributed by atoms with E-state index in [1.165, 1.54) is 88.5 Å². The van der Waals surface area contributed by atoms with Gasteiger partial charge in [0.2, 0.25) is 11.8 Å². The highest BCUT2D eigenvalue weighted by Crippen LogP contribution is 2.28. The molecule has 0 aromatic heterocycles. The molecule has 1 aromatic rings. The predicted molar refractivity (Wildman–Crippen MR) is 171 cm³/mol. The van der Waals surface area contributed by atoms with E-state index in [1.807, 2.05) is 31.2 Å². The zero-order chi connectivity index (χ0) is 30.3. The van der Waals surface area contributed by atoms with E-state index in [1.54, 1.807) is 0 Å². The number of rotatable bonds is 23. The molecule has 0 atom stereocenters. The lowest BCUT2D eigenvalue weighted by Gasteiger charge is -2.22. The molecular formula is C34H58N4O4. The number of hydrogen-bond acceptors (Lipinski definition) is 5. The number of ether oxygens (including phenoxy) is 1. The van der Waals surface area contributed by atoms with Crippen molar-refractivity contribution in [1.29, 1.82) is 0 Å². The van der Waals surface area contributed by atoms with Crippen LogP contribution in [0.3, 0.4) is 0 Å². The van der Waals surface area contributed by atoms with Gasteiger partial charge in [-0.1, -0.05) is 90.4 Å². The standard InChI is InChI=1S/C34H58N4O4/c1-3-5-6-7-8-9-10-11-12-15-26-35-32(39)19-16-27-42-31-23-21-30(22-24-31)36-28-34(41)38(4-2)37-33(40)25-20-29-17-13-14-18-29/h21-24,29,36H,3-20,25-28H2,1-2H3,(H,35,39)(H,37,40). The highest BCUT2D eigenvalue weighted by atomic mass is 16.5. The molecule has 238 valence electrons. The molecule has 0 unspecified atom stereocenters. The van der Waals surface area contributed by atoms with Crippen molar-refractivity contribution in [1.82, 2.24) is 15.8 Å². The molecule has 1 saturated carbocycles. The number of likely N-dealkylation sites (N-methyl/N-ethyl adjacent to an activating group) is 1. The second-order valence-electron chi connectivity index (χ2n) is 11.7. The van der Waals surface area contributed by atoms with E-state index < -0.39 is 0 Å². The largest absolute Gasteiger partial charge is 0.494 e. The van der Waals surface area contributed by atoms with Crippen LogP contribution in [0.15, 0.2) is 24.3 Å². The van der Waals surface area contributed by atoms with Crippen LogP contribution in [0.25, 0.3) is 0 Å². The molecule has 3 amide bonds. The van der Waals surface area contributed by atoms with Gasteiger partial charge in [0.25, 0.3) is 5.91 Å². The first-order chi connectivity index (χ1) is 20.5. The average Bonchev–Trinajstić information content (AvgIpc) is 3.53. The molecule has 1 aromatic carbocycles. The van der Waals surface area contributed by atoms with Crippen molar-refractivity contribution in [2.24, 2.45) is 5.92 Å². The third-order valence-electron chi connectivity index (χ3n) is 8.10. The fraction of sp³-hybridized carbons (Fsp3) is 0.735. The van der Waals surface area contributed by atoms with E-state index in [-0.39, 0.29) is 24.3 Å². The summed E-state index contributed by atoms with van der Waals surface area (Å²) in [6.07, 6.45) is 20.4. The lowest BCUT2D eigenvalue weighted by molar-refractivity contribution is -0.140. The van der Waals surface area contributed by atoms with Crippen LogP contribution in [-0.2, 0) is 14.4 Å². The van der Waals surface area contributed by atoms with E-state index in [0.29, 0.717) is 38.3 Å². The van der Waals surface area contributed by atoms with Crippen molar-refractivity contribution < 1.29 is 19.1 Å². The third-order valence-corrected chi connectivity index (χ3v) is 8.10. The summed E-state index contributed by atoms with van der Waals surface area (Å²) < 4.78 is 5.78. The molecular weight excluding hydrogens is 528 g/mol. The third kappa shape index (κ3) is 16.6. The predicted octanol–water partition coefficient (Wildman–Crippen LogP) is 7.14. The molecule has 8 heteroatoms. The Morgan fingerprint density at radius 3 is 2.10 bits per heavy atom. The van der Waals surface area contributed by atoms with Crippen molar-refractivity contribution in [2.45, 2.75) is 129 Å². The smallest absolute Gasteiger partial charge is 0.260 e. The Hall–Kier alpha value is -2.77. The monoisotopic (exact) mass is 586 g/mol. The van der Waals surface area contributed by atoms with E-state index in [2.05, 4.69) is 23.0 Å². The zero-order valence-electron chi connectivity index (χ0n) is 26.5. The number of amides is 3. The van der Waals surface area contributed by atoms with Gasteiger partial charge in [0.05, 0.1) is 13.2 Å². The number of nitrogens with one attached hydrogen (secondary N) is 3. The number of hydrogen-bond donors (Lipinski definition) is 3. The molecule has 0 spiro atoms. The van der Waals surface area contributed by atoms with Crippen LogP contribution in [0.4, 0.5) is 5.69 Å². The summed E-state index contributed by atoms with van der Waals surface area (Å²) in [6, 6.07) is 7.41. The summed E-state index contributed by atoms with van der Waals surface area (Å²) in [7, 11) is 0. The van der Waals surface area contributed by atoms with Crippen molar-refractivity contribution >= 4 is 23.4 Å². The Morgan fingerprint density at radius 1 is 0.810 bits per heavy atom. The highest BCUT2D eigenvalue weighted by Gasteiger charge is 2.18. The van der Waals surface area contributed by atoms with Crippen LogP contribution in [-0.4, -0.2) is 49.0 Å². The molecule has 0 radical (unpaired) electrons. The van der Waals surface area contributed by atoms with Crippen molar-refractivity contribution in [3.63, 3.8) is 0 Å². The Balaban J connectivity index is 1.49. The Morgan fingerprint density at radius 2 is 1.45 bits per heavy atom. The molecule has 3 N–H and O–H groups in total. The minimum absolute atomic E-state index is 0.0878. The van der Waals surface area contributed by atoms with E-state index in [9.17, 15) is 14.4 Å². The molecule has 0 saturated heterocycles. The molecule has 2 rings (SSSR count). The second-order valence-corrected chi connectivity index (χ2v) is 11.7. The Labute approximate surface area is 255 Å². The molecule has 0 bridgehead atoms. The zero-order valence-corrected chi connectivity index (χ0v) is 26.5. The SMILES string of the molecule is CCCCCCCCCCCCNC(=O)CCCOc1ccc(NCC(=O)N(CC)NC(=O)CCC2CCCC2)cc1. The average molecular weight is 587 g/mol. The van der Waals surface area contributed by atoms with Crippen LogP contribution < -0.4 is 20.8 Å². The topological polar surface area (TPSA) is 99.8 Å². The first kappa shape index (κ1) is 35.4. The van der Waals surface area contributed by atoms with Gasteiger partial charge in [0.1, 0.15) is 5.75 Å². The molecule has 42 heavy (non-hydrogen) atoms. The van der Waals surface area contributed by atoms with Crippen LogP contribution >= 0.6 is 0 Å². The van der Waals surface area contributed by atoms with E-state index >= 15 is 0 Å². The first-order valence-corrected chi connectivity index (χ1v) is 16.8. The molecule has 1 aliphatic rings. The van der Waals surface area contributed by atoms with E-state index in [4.69, 9.17) is 4.74 Å². The van der Waals surface area contributed by atoms with Crippen molar-refractivity contribution in [2.75, 3.05) is 31.6 Å². The van der Waals surface area contributed by atoms with Gasteiger partial charge < -0.3 is 15.4 Å². The van der Waals surface area contributed by atoms with Crippen LogP contribution in [0.2, 0.25) is 0 Å². The normalized spacial score (nSPS) is 13.1. The van der Waals surface area contributed by atoms with Gasteiger partial charge in [-0.2, -0.15) is 0 Å². The van der Waals surface area contributed by atoms with Gasteiger partial charge >= 0.3 is 0 Å². The Bertz CT molecular complexity index is 871. The first-order valence-electron chi connectivity index (χ1n) is 16.8. The highest BCUT2D eigenvalue weighted by molar-refractivity contribution is 5.84. The maximum absolute atomic E-state index is 12.6. The summed E-state index contributed by atoms with van der Waals surface area (Å²) in [6.45, 7) is 5.84. The molecule has 8 nitrogen and oxygen atoms in total. The number of nitrogens with zero attached hydrogens (tertiary/aromatic N) is 1. The van der Waals surface area contributed by atoms with Crippen LogP contribution in [0.5, 0.6) is 5.75 Å². The number of anilines is 1. The van der Waals surface area contributed by atoms with Gasteiger partial charge in [-0.3, -0.25) is 24.8 Å². The summed E-state index contributed by atoms with van der Waals surface area (Å²) in [5.74, 6) is 1.19. The van der Waals surface area contributed by atoms with Gasteiger partial charge in [-0.25, -0.2) is 0 Å². The minimum Gasteiger partial charge on any atom is -0.494 e. The fourth-order valence-corrected chi connectivity index (χ4v) is 5.45. The van der Waals surface area contributed by atoms with Crippen LogP contribution in [0.1, 0.15) is 129 Å². The number of unbranched alkanes of at least 4 members (excludes halogenated alkanes) is 9. The maximum atomic E-state index is 12.6. The van der Waals surface area contributed by atoms with E-state index in [0.717, 1.165) is 30.8 Å². The number of carbonyl (C=O) groups is 3. The van der Waals surface area contributed by atoms with Crippen molar-refractivity contribution in [3.8, 4) is 5.75 Å². The lowest BCUT2D eigenvalue weighted by Crippen LogP contribution is -2.48. The summed E-state index contributed by atoms with van der Waals surface area (Å²) >= 11 is 0. The molecule has 1 fully saturated rings. The quantitative estimate of drug-likeness (QED) is 0.0935. The minimum atomic E-state index is -0.182.